The van der Waals surface area contributed by atoms with Crippen LogP contribution in [0.25, 0.3) is 10.9 Å². The molecule has 1 aromatic carbocycles. The van der Waals surface area contributed by atoms with Gasteiger partial charge in [0.1, 0.15) is 0 Å². The van der Waals surface area contributed by atoms with Gasteiger partial charge in [-0.2, -0.15) is 0 Å². The number of rotatable bonds is 4. The summed E-state index contributed by atoms with van der Waals surface area (Å²) in [5, 5.41) is 1.19. The van der Waals surface area contributed by atoms with E-state index >= 15 is 0 Å². The van der Waals surface area contributed by atoms with Gasteiger partial charge < -0.3 is 0 Å². The molecule has 1 saturated carbocycles. The molecule has 1 unspecified atom stereocenters. The number of nitrogens with two attached hydrogens (primary N) is 1. The molecule has 0 aliphatic heterocycles. The minimum Gasteiger partial charge on any atom is -0.271 e. The fourth-order valence-corrected chi connectivity index (χ4v) is 3.19. The topological polar surface area (TPSA) is 50.9 Å². The molecule has 1 heterocycles. The Balaban J connectivity index is 1.83. The van der Waals surface area contributed by atoms with Gasteiger partial charge in [-0.3, -0.25) is 16.3 Å². The molecule has 3 heteroatoms. The maximum Gasteiger partial charge on any atom is 0.0702 e. The number of hydrogen-bond donors (Lipinski definition) is 2. The highest BCUT2D eigenvalue weighted by atomic mass is 15.2. The average molecular weight is 255 g/mol. The number of fused-ring (bicyclic) bond motifs is 1. The third kappa shape index (κ3) is 2.77. The number of benzene rings is 1. The Morgan fingerprint density at radius 1 is 1.26 bits per heavy atom. The lowest BCUT2D eigenvalue weighted by Crippen LogP contribution is -2.29. The van der Waals surface area contributed by atoms with E-state index in [1.165, 1.54) is 36.6 Å². The van der Waals surface area contributed by atoms with E-state index in [0.29, 0.717) is 0 Å². The second kappa shape index (κ2) is 5.68. The van der Waals surface area contributed by atoms with Crippen LogP contribution in [0.4, 0.5) is 0 Å². The van der Waals surface area contributed by atoms with Crippen molar-refractivity contribution >= 4 is 10.9 Å². The molecule has 0 amide bonds. The molecule has 3 rings (SSSR count). The van der Waals surface area contributed by atoms with Crippen molar-refractivity contribution in [3.63, 3.8) is 0 Å². The first-order chi connectivity index (χ1) is 9.36. The lowest BCUT2D eigenvalue weighted by atomic mass is 9.93. The molecule has 1 aliphatic carbocycles. The normalized spacial score (nSPS) is 17.9. The fraction of sp³-hybridized carbons (Fsp3) is 0.438. The van der Waals surface area contributed by atoms with Crippen LogP contribution >= 0.6 is 0 Å². The maximum absolute atomic E-state index is 5.76. The molecule has 1 aromatic heterocycles. The molecule has 0 radical (unpaired) electrons. The number of nitrogens with zero attached hydrogens (tertiary/aromatic N) is 1. The van der Waals surface area contributed by atoms with Gasteiger partial charge in [0.15, 0.2) is 0 Å². The summed E-state index contributed by atoms with van der Waals surface area (Å²) >= 11 is 0. The van der Waals surface area contributed by atoms with Crippen LogP contribution in [0.5, 0.6) is 0 Å². The van der Waals surface area contributed by atoms with Gasteiger partial charge in [-0.15, -0.1) is 0 Å². The van der Waals surface area contributed by atoms with E-state index in [2.05, 4.69) is 34.7 Å². The average Bonchev–Trinajstić information content (AvgIpc) is 2.97. The SMILES string of the molecule is NNC(CC1CCCC1)c1ccc2ncccc2c1. The quantitative estimate of drug-likeness (QED) is 0.651. The number of nitrogens with one attached hydrogen (secondary N) is 1. The third-order valence-corrected chi connectivity index (χ3v) is 4.27. The third-order valence-electron chi connectivity index (χ3n) is 4.27. The van der Waals surface area contributed by atoms with E-state index in [0.717, 1.165) is 17.9 Å². The van der Waals surface area contributed by atoms with Crippen LogP contribution < -0.4 is 11.3 Å². The van der Waals surface area contributed by atoms with Crippen molar-refractivity contribution in [3.8, 4) is 0 Å². The van der Waals surface area contributed by atoms with E-state index in [1.807, 2.05) is 12.3 Å². The molecular weight excluding hydrogens is 234 g/mol. The van der Waals surface area contributed by atoms with Crippen LogP contribution in [0.1, 0.15) is 43.7 Å². The van der Waals surface area contributed by atoms with Crippen LogP contribution in [-0.4, -0.2) is 4.98 Å². The van der Waals surface area contributed by atoms with Crippen molar-refractivity contribution in [3.05, 3.63) is 42.1 Å². The van der Waals surface area contributed by atoms with Gasteiger partial charge in [0.05, 0.1) is 5.52 Å². The zero-order valence-corrected chi connectivity index (χ0v) is 11.2. The predicted octanol–water partition coefficient (Wildman–Crippen LogP) is 3.32. The zero-order valence-electron chi connectivity index (χ0n) is 11.2. The summed E-state index contributed by atoms with van der Waals surface area (Å²) in [5.74, 6) is 6.59. The van der Waals surface area contributed by atoms with E-state index in [-0.39, 0.29) is 6.04 Å². The molecule has 0 bridgehead atoms. The van der Waals surface area contributed by atoms with Crippen LogP contribution in [0.3, 0.4) is 0 Å². The summed E-state index contributed by atoms with van der Waals surface area (Å²) in [6.07, 6.45) is 8.44. The Labute approximate surface area is 114 Å². The maximum atomic E-state index is 5.76. The Kier molecular flexibility index (Phi) is 3.76. The van der Waals surface area contributed by atoms with Gasteiger partial charge in [-0.05, 0) is 36.1 Å². The lowest BCUT2D eigenvalue weighted by Gasteiger charge is -2.20. The van der Waals surface area contributed by atoms with Crippen molar-refractivity contribution < 1.29 is 0 Å². The zero-order chi connectivity index (χ0) is 13.1. The summed E-state index contributed by atoms with van der Waals surface area (Å²) in [4.78, 5) is 4.36. The second-order valence-electron chi connectivity index (χ2n) is 5.56. The van der Waals surface area contributed by atoms with Gasteiger partial charge >= 0.3 is 0 Å². The molecule has 3 nitrogen and oxygen atoms in total. The highest BCUT2D eigenvalue weighted by Crippen LogP contribution is 2.33. The van der Waals surface area contributed by atoms with Gasteiger partial charge in [0.25, 0.3) is 0 Å². The molecular formula is C16H21N3. The minimum atomic E-state index is 0.257. The van der Waals surface area contributed by atoms with Crippen LogP contribution in [0.2, 0.25) is 0 Å². The van der Waals surface area contributed by atoms with E-state index in [1.54, 1.807) is 0 Å². The molecule has 1 aliphatic rings. The lowest BCUT2D eigenvalue weighted by molar-refractivity contribution is 0.400. The standard InChI is InChI=1S/C16H21N3/c17-19-16(10-12-4-1-2-5-12)14-7-8-15-13(11-14)6-3-9-18-15/h3,6-9,11-12,16,19H,1-2,4-5,10,17H2. The largest absolute Gasteiger partial charge is 0.271 e. The number of pyridine rings is 1. The number of hydrogen-bond acceptors (Lipinski definition) is 3. The summed E-state index contributed by atoms with van der Waals surface area (Å²) in [6, 6.07) is 10.8. The monoisotopic (exact) mass is 255 g/mol. The summed E-state index contributed by atoms with van der Waals surface area (Å²) in [5.41, 5.74) is 5.31. The van der Waals surface area contributed by atoms with Crippen LogP contribution in [-0.2, 0) is 0 Å². The molecule has 100 valence electrons. The van der Waals surface area contributed by atoms with Crippen molar-refractivity contribution in [2.24, 2.45) is 11.8 Å². The molecule has 0 saturated heterocycles. The predicted molar refractivity (Wildman–Crippen MR) is 78.4 cm³/mol. The first-order valence-electron chi connectivity index (χ1n) is 7.17. The summed E-state index contributed by atoms with van der Waals surface area (Å²) in [6.45, 7) is 0. The second-order valence-corrected chi connectivity index (χ2v) is 5.56. The van der Waals surface area contributed by atoms with Crippen molar-refractivity contribution in [1.82, 2.24) is 10.4 Å². The smallest absolute Gasteiger partial charge is 0.0702 e. The van der Waals surface area contributed by atoms with E-state index in [4.69, 9.17) is 5.84 Å². The highest BCUT2D eigenvalue weighted by molar-refractivity contribution is 5.79. The first-order valence-corrected chi connectivity index (χ1v) is 7.17. The van der Waals surface area contributed by atoms with Crippen molar-refractivity contribution in [1.29, 1.82) is 0 Å². The Hall–Kier alpha value is -1.45. The Morgan fingerprint density at radius 2 is 2.11 bits per heavy atom. The van der Waals surface area contributed by atoms with Gasteiger partial charge in [0.2, 0.25) is 0 Å². The minimum absolute atomic E-state index is 0.257. The molecule has 1 fully saturated rings. The van der Waals surface area contributed by atoms with Gasteiger partial charge in [0, 0.05) is 17.6 Å². The first kappa shape index (κ1) is 12.6. The molecule has 1 atom stereocenters. The van der Waals surface area contributed by atoms with Crippen molar-refractivity contribution in [2.45, 2.75) is 38.1 Å². The Bertz CT molecular complexity index is 546. The van der Waals surface area contributed by atoms with Crippen molar-refractivity contribution in [2.75, 3.05) is 0 Å². The van der Waals surface area contributed by atoms with E-state index < -0.39 is 0 Å². The molecule has 0 spiro atoms. The highest BCUT2D eigenvalue weighted by Gasteiger charge is 2.20. The van der Waals surface area contributed by atoms with E-state index in [9.17, 15) is 0 Å². The fourth-order valence-electron chi connectivity index (χ4n) is 3.19. The molecule has 19 heavy (non-hydrogen) atoms. The molecule has 2 aromatic rings. The Morgan fingerprint density at radius 3 is 2.89 bits per heavy atom. The number of hydrazine groups is 1. The number of aromatic nitrogens is 1. The molecule has 3 N–H and O–H groups in total. The van der Waals surface area contributed by atoms with Crippen LogP contribution in [0, 0.1) is 5.92 Å². The van der Waals surface area contributed by atoms with Gasteiger partial charge in [-0.1, -0.05) is 37.8 Å². The van der Waals surface area contributed by atoms with Gasteiger partial charge in [-0.25, -0.2) is 0 Å². The summed E-state index contributed by atoms with van der Waals surface area (Å²) < 4.78 is 0. The summed E-state index contributed by atoms with van der Waals surface area (Å²) in [7, 11) is 0. The van der Waals surface area contributed by atoms with Crippen LogP contribution in [0.15, 0.2) is 36.5 Å².